The zero-order valence-corrected chi connectivity index (χ0v) is 11.3. The molecule has 0 aliphatic carbocycles. The third-order valence-electron chi connectivity index (χ3n) is 3.44. The van der Waals surface area contributed by atoms with Crippen LogP contribution >= 0.6 is 0 Å². The van der Waals surface area contributed by atoms with Gasteiger partial charge in [0.15, 0.2) is 0 Å². The fourth-order valence-electron chi connectivity index (χ4n) is 2.32. The topological polar surface area (TPSA) is 64.4 Å². The molecule has 1 aromatic rings. The molecule has 21 heavy (non-hydrogen) atoms. The highest BCUT2D eigenvalue weighted by Gasteiger charge is 2.33. The highest BCUT2D eigenvalue weighted by molar-refractivity contribution is 5.81. The Bertz CT molecular complexity index is 505. The highest BCUT2D eigenvalue weighted by Crippen LogP contribution is 2.31. The molecule has 0 aromatic heterocycles. The molecule has 1 heterocycles. The van der Waals surface area contributed by atoms with E-state index >= 15 is 0 Å². The minimum absolute atomic E-state index is 0.0340. The second-order valence-electron chi connectivity index (χ2n) is 4.93. The van der Waals surface area contributed by atoms with Gasteiger partial charge in [0.05, 0.1) is 11.7 Å². The van der Waals surface area contributed by atoms with E-state index in [0.29, 0.717) is 19.4 Å². The van der Waals surface area contributed by atoms with Gasteiger partial charge in [0.1, 0.15) is 6.10 Å². The molecule has 0 spiro atoms. The first-order valence-corrected chi connectivity index (χ1v) is 6.70. The zero-order valence-electron chi connectivity index (χ0n) is 11.3. The molecule has 1 aromatic carbocycles. The maximum atomic E-state index is 12.8. The lowest BCUT2D eigenvalue weighted by atomic mass is 10.1. The number of rotatable bonds is 4. The normalized spacial score (nSPS) is 22.3. The average molecular weight is 302 g/mol. The molecule has 1 aliphatic heterocycles. The fourth-order valence-corrected chi connectivity index (χ4v) is 2.32. The van der Waals surface area contributed by atoms with Crippen LogP contribution in [0.1, 0.15) is 24.0 Å². The van der Waals surface area contributed by atoms with Crippen molar-refractivity contribution in [2.45, 2.75) is 37.8 Å². The van der Waals surface area contributed by atoms with Crippen LogP contribution in [0.15, 0.2) is 24.3 Å². The number of ether oxygens (including phenoxy) is 1. The molecular formula is C14H17F3N2O2. The second kappa shape index (κ2) is 6.44. The summed E-state index contributed by atoms with van der Waals surface area (Å²) in [6.45, 7) is 0.155. The molecule has 4 nitrogen and oxygen atoms in total. The Balaban J connectivity index is 1.96. The van der Waals surface area contributed by atoms with Crippen molar-refractivity contribution in [2.24, 2.45) is 5.73 Å². The van der Waals surface area contributed by atoms with Crippen LogP contribution in [0.3, 0.4) is 0 Å². The Labute approximate surface area is 120 Å². The lowest BCUT2D eigenvalue weighted by Crippen LogP contribution is -2.35. The van der Waals surface area contributed by atoms with Gasteiger partial charge in [-0.3, -0.25) is 4.79 Å². The van der Waals surface area contributed by atoms with Crippen LogP contribution in [0.5, 0.6) is 0 Å². The monoisotopic (exact) mass is 302 g/mol. The van der Waals surface area contributed by atoms with Crippen molar-refractivity contribution in [3.63, 3.8) is 0 Å². The molecular weight excluding hydrogens is 285 g/mol. The van der Waals surface area contributed by atoms with Crippen LogP contribution in [0.4, 0.5) is 13.2 Å². The van der Waals surface area contributed by atoms with Gasteiger partial charge >= 0.3 is 6.18 Å². The Morgan fingerprint density at radius 3 is 2.67 bits per heavy atom. The lowest BCUT2D eigenvalue weighted by molar-refractivity contribution is -0.139. The van der Waals surface area contributed by atoms with Gasteiger partial charge in [0.25, 0.3) is 0 Å². The molecule has 1 saturated heterocycles. The molecule has 116 valence electrons. The van der Waals surface area contributed by atoms with E-state index in [1.165, 1.54) is 18.2 Å². The minimum Gasteiger partial charge on any atom is -0.364 e. The van der Waals surface area contributed by atoms with Crippen LogP contribution in [0.2, 0.25) is 0 Å². The molecule has 2 atom stereocenters. The van der Waals surface area contributed by atoms with E-state index in [9.17, 15) is 18.0 Å². The number of hydrogen-bond acceptors (Lipinski definition) is 3. The first-order chi connectivity index (χ1) is 9.91. The summed E-state index contributed by atoms with van der Waals surface area (Å²) in [5.74, 6) is -0.400. The van der Waals surface area contributed by atoms with Gasteiger partial charge in [-0.15, -0.1) is 0 Å². The predicted molar refractivity (Wildman–Crippen MR) is 70.2 cm³/mol. The molecule has 1 aliphatic rings. The summed E-state index contributed by atoms with van der Waals surface area (Å²) in [5.41, 5.74) is 4.74. The number of hydrogen-bond donors (Lipinski definition) is 2. The summed E-state index contributed by atoms with van der Waals surface area (Å²) >= 11 is 0. The summed E-state index contributed by atoms with van der Waals surface area (Å²) in [7, 11) is 0. The third-order valence-corrected chi connectivity index (χ3v) is 3.44. The van der Waals surface area contributed by atoms with Gasteiger partial charge in [0, 0.05) is 13.1 Å². The van der Waals surface area contributed by atoms with Gasteiger partial charge in [-0.1, -0.05) is 18.2 Å². The van der Waals surface area contributed by atoms with E-state index in [0.717, 1.165) is 6.07 Å². The summed E-state index contributed by atoms with van der Waals surface area (Å²) in [5, 5.41) is 2.49. The average Bonchev–Trinajstić information content (AvgIpc) is 2.93. The molecule has 1 fully saturated rings. The van der Waals surface area contributed by atoms with Crippen molar-refractivity contribution in [1.29, 1.82) is 0 Å². The van der Waals surface area contributed by atoms with Crippen molar-refractivity contribution in [2.75, 3.05) is 6.54 Å². The Morgan fingerprint density at radius 1 is 1.33 bits per heavy atom. The van der Waals surface area contributed by atoms with Crippen molar-refractivity contribution in [3.8, 4) is 0 Å². The summed E-state index contributed by atoms with van der Waals surface area (Å²) < 4.78 is 43.9. The van der Waals surface area contributed by atoms with E-state index in [4.69, 9.17) is 10.5 Å². The molecule has 2 rings (SSSR count). The standard InChI is InChI=1S/C14H17F3N2O2/c15-14(16,17)11-4-2-1-3-9(11)8-19-13(20)12-6-5-10(7-18)21-12/h1-4,10,12H,5-8,18H2,(H,19,20). The number of halogens is 3. The lowest BCUT2D eigenvalue weighted by Gasteiger charge is -2.15. The second-order valence-corrected chi connectivity index (χ2v) is 4.93. The van der Waals surface area contributed by atoms with Crippen LogP contribution in [0, 0.1) is 0 Å². The third kappa shape index (κ3) is 3.95. The molecule has 3 N–H and O–H groups in total. The van der Waals surface area contributed by atoms with Gasteiger partial charge in [-0.2, -0.15) is 13.2 Å². The molecule has 0 radical (unpaired) electrons. The van der Waals surface area contributed by atoms with E-state index in [-0.39, 0.29) is 18.2 Å². The highest BCUT2D eigenvalue weighted by atomic mass is 19.4. The number of nitrogens with two attached hydrogens (primary N) is 1. The van der Waals surface area contributed by atoms with Gasteiger partial charge in [-0.05, 0) is 24.5 Å². The fraction of sp³-hybridized carbons (Fsp3) is 0.500. The maximum Gasteiger partial charge on any atom is 0.416 e. The SMILES string of the molecule is NCC1CCC(C(=O)NCc2ccccc2C(F)(F)F)O1. The smallest absolute Gasteiger partial charge is 0.364 e. The summed E-state index contributed by atoms with van der Waals surface area (Å²) in [6.07, 6.45) is -3.99. The zero-order chi connectivity index (χ0) is 15.5. The Morgan fingerprint density at radius 2 is 2.05 bits per heavy atom. The van der Waals surface area contributed by atoms with Crippen LogP contribution in [0.25, 0.3) is 0 Å². The molecule has 1 amide bonds. The number of alkyl halides is 3. The van der Waals surface area contributed by atoms with Gasteiger partial charge in [-0.25, -0.2) is 0 Å². The van der Waals surface area contributed by atoms with E-state index < -0.39 is 23.8 Å². The number of nitrogens with one attached hydrogen (secondary N) is 1. The number of carbonyl (C=O) groups is 1. The van der Waals surface area contributed by atoms with Crippen molar-refractivity contribution < 1.29 is 22.7 Å². The minimum atomic E-state index is -4.43. The Kier molecular flexibility index (Phi) is 4.84. The molecule has 0 saturated carbocycles. The van der Waals surface area contributed by atoms with Crippen molar-refractivity contribution in [3.05, 3.63) is 35.4 Å². The largest absolute Gasteiger partial charge is 0.416 e. The number of benzene rings is 1. The van der Waals surface area contributed by atoms with E-state index in [1.54, 1.807) is 0 Å². The molecule has 2 unspecified atom stereocenters. The van der Waals surface area contributed by atoms with Crippen molar-refractivity contribution in [1.82, 2.24) is 5.32 Å². The predicted octanol–water partition coefficient (Wildman–Crippen LogP) is 1.83. The first-order valence-electron chi connectivity index (χ1n) is 6.70. The quantitative estimate of drug-likeness (QED) is 0.892. The molecule has 0 bridgehead atoms. The summed E-state index contributed by atoms with van der Waals surface area (Å²) in [6, 6.07) is 5.17. The van der Waals surface area contributed by atoms with Gasteiger partial charge < -0.3 is 15.8 Å². The van der Waals surface area contributed by atoms with E-state index in [2.05, 4.69) is 5.32 Å². The number of carbonyl (C=O) groups excluding carboxylic acids is 1. The van der Waals surface area contributed by atoms with Crippen molar-refractivity contribution >= 4 is 5.91 Å². The van der Waals surface area contributed by atoms with Gasteiger partial charge in [0.2, 0.25) is 5.91 Å². The maximum absolute atomic E-state index is 12.8. The van der Waals surface area contributed by atoms with Crippen LogP contribution in [-0.2, 0) is 22.3 Å². The van der Waals surface area contributed by atoms with E-state index in [1.807, 2.05) is 0 Å². The summed E-state index contributed by atoms with van der Waals surface area (Å²) in [4.78, 5) is 11.9. The van der Waals surface area contributed by atoms with Crippen LogP contribution in [-0.4, -0.2) is 24.7 Å². The first kappa shape index (κ1) is 15.8. The number of amides is 1. The Hall–Kier alpha value is -1.60. The van der Waals surface area contributed by atoms with Crippen LogP contribution < -0.4 is 11.1 Å². The molecule has 7 heteroatoms.